The lowest BCUT2D eigenvalue weighted by atomic mass is 10.0. The van der Waals surface area contributed by atoms with Crippen LogP contribution in [0.4, 0.5) is 0 Å². The van der Waals surface area contributed by atoms with Gasteiger partial charge in [0.1, 0.15) is 0 Å². The lowest BCUT2D eigenvalue weighted by Crippen LogP contribution is -2.08. The summed E-state index contributed by atoms with van der Waals surface area (Å²) >= 11 is 0. The second-order valence-electron chi connectivity index (χ2n) is 12.9. The lowest BCUT2D eigenvalue weighted by molar-refractivity contribution is 0.786. The van der Waals surface area contributed by atoms with Gasteiger partial charge in [0, 0.05) is 49.4 Å². The van der Waals surface area contributed by atoms with Crippen LogP contribution in [-0.2, 0) is 6.54 Å². The molecule has 3 heterocycles. The predicted molar refractivity (Wildman–Crippen MR) is 209 cm³/mol. The van der Waals surface area contributed by atoms with E-state index in [-0.39, 0.29) is 0 Å². The third kappa shape index (κ3) is 4.98. The second kappa shape index (κ2) is 11.9. The van der Waals surface area contributed by atoms with Gasteiger partial charge in [0.2, 0.25) is 0 Å². The standard InChI is InChI=1S/C46H31N5/c1-4-14-31(15-5-1)45-47-44(48-46(49-45)32-16-6-2-7-17-32)30-50-40-22-12-10-20-36(40)38-28-33(24-26-41(38)50)34-25-27-43-39(29-34)37-21-11-13-23-42(37)51(43)35-18-8-3-9-19-35/h1-29H,30H2. The molecule has 10 rings (SSSR count). The third-order valence-electron chi connectivity index (χ3n) is 9.84. The van der Waals surface area contributed by atoms with Crippen LogP contribution in [0.15, 0.2) is 176 Å². The van der Waals surface area contributed by atoms with Gasteiger partial charge in [0.25, 0.3) is 0 Å². The normalized spacial score (nSPS) is 11.6. The molecule has 0 amide bonds. The zero-order valence-electron chi connectivity index (χ0n) is 27.7. The van der Waals surface area contributed by atoms with Crippen LogP contribution in [-0.4, -0.2) is 24.1 Å². The van der Waals surface area contributed by atoms with E-state index in [0.717, 1.165) is 33.7 Å². The summed E-state index contributed by atoms with van der Waals surface area (Å²) in [6.45, 7) is 0.510. The molecule has 7 aromatic carbocycles. The zero-order valence-corrected chi connectivity index (χ0v) is 27.7. The second-order valence-corrected chi connectivity index (χ2v) is 12.9. The Hall–Kier alpha value is -6.85. The number of benzene rings is 7. The number of nitrogens with zero attached hydrogens (tertiary/aromatic N) is 5. The first-order valence-electron chi connectivity index (χ1n) is 17.2. The maximum Gasteiger partial charge on any atom is 0.163 e. The molecule has 0 saturated carbocycles. The molecule has 0 N–H and O–H groups in total. The van der Waals surface area contributed by atoms with Crippen LogP contribution in [0.1, 0.15) is 5.82 Å². The SMILES string of the molecule is c1ccc(-c2nc(Cn3c4ccccc4c4cc(-c5ccc6c(c5)c5ccccc5n6-c5ccccc5)ccc43)nc(-c3ccccc3)n2)cc1. The first-order chi connectivity index (χ1) is 25.3. The van der Waals surface area contributed by atoms with Crippen LogP contribution < -0.4 is 0 Å². The van der Waals surface area contributed by atoms with Crippen molar-refractivity contribution < 1.29 is 0 Å². The molecule has 5 nitrogen and oxygen atoms in total. The zero-order chi connectivity index (χ0) is 33.7. The van der Waals surface area contributed by atoms with E-state index in [4.69, 9.17) is 15.0 Å². The molecular formula is C46H31N5. The minimum absolute atomic E-state index is 0.510. The molecule has 0 aliphatic heterocycles. The minimum Gasteiger partial charge on any atom is -0.333 e. The summed E-state index contributed by atoms with van der Waals surface area (Å²) in [6.07, 6.45) is 0. The van der Waals surface area contributed by atoms with Crippen molar-refractivity contribution in [3.05, 3.63) is 182 Å². The fraction of sp³-hybridized carbons (Fsp3) is 0.0217. The number of rotatable bonds is 6. The van der Waals surface area contributed by atoms with Gasteiger partial charge in [-0.1, -0.05) is 127 Å². The van der Waals surface area contributed by atoms with Gasteiger partial charge in [-0.2, -0.15) is 0 Å². The highest BCUT2D eigenvalue weighted by atomic mass is 15.1. The summed E-state index contributed by atoms with van der Waals surface area (Å²) in [4.78, 5) is 14.9. The molecule has 0 radical (unpaired) electrons. The highest BCUT2D eigenvalue weighted by Gasteiger charge is 2.17. The van der Waals surface area contributed by atoms with Gasteiger partial charge < -0.3 is 9.13 Å². The monoisotopic (exact) mass is 653 g/mol. The van der Waals surface area contributed by atoms with Gasteiger partial charge in [0.05, 0.1) is 17.6 Å². The van der Waals surface area contributed by atoms with E-state index in [1.54, 1.807) is 0 Å². The summed E-state index contributed by atoms with van der Waals surface area (Å²) < 4.78 is 4.70. The highest BCUT2D eigenvalue weighted by molar-refractivity contribution is 6.12. The van der Waals surface area contributed by atoms with E-state index < -0.39 is 0 Å². The Morgan fingerprint density at radius 2 is 0.804 bits per heavy atom. The molecule has 0 spiro atoms. The molecule has 10 aromatic rings. The van der Waals surface area contributed by atoms with E-state index in [2.05, 4.69) is 124 Å². The average Bonchev–Trinajstić information content (AvgIpc) is 3.70. The summed E-state index contributed by atoms with van der Waals surface area (Å²) in [5.41, 5.74) is 10.2. The van der Waals surface area contributed by atoms with Gasteiger partial charge in [-0.3, -0.25) is 0 Å². The number of aromatic nitrogens is 5. The quantitative estimate of drug-likeness (QED) is 0.179. The van der Waals surface area contributed by atoms with Crippen molar-refractivity contribution in [3.8, 4) is 39.6 Å². The smallest absolute Gasteiger partial charge is 0.163 e. The largest absolute Gasteiger partial charge is 0.333 e. The first-order valence-corrected chi connectivity index (χ1v) is 17.2. The molecule has 240 valence electrons. The Kier molecular flexibility index (Phi) is 6.81. The molecule has 0 aliphatic rings. The Balaban J connectivity index is 1.11. The summed E-state index contributed by atoms with van der Waals surface area (Å²) in [6, 6.07) is 61.9. The topological polar surface area (TPSA) is 48.5 Å². The Bertz CT molecular complexity index is 2810. The van der Waals surface area contributed by atoms with Crippen molar-refractivity contribution in [2.75, 3.05) is 0 Å². The Morgan fingerprint density at radius 3 is 1.43 bits per heavy atom. The Labute approximate surface area is 294 Å². The van der Waals surface area contributed by atoms with E-state index >= 15 is 0 Å². The molecule has 0 fully saturated rings. The summed E-state index contributed by atoms with van der Waals surface area (Å²) in [5.74, 6) is 2.06. The van der Waals surface area contributed by atoms with Crippen molar-refractivity contribution >= 4 is 43.6 Å². The van der Waals surface area contributed by atoms with Crippen LogP contribution in [0.25, 0.3) is 83.2 Å². The molecule has 0 unspecified atom stereocenters. The maximum atomic E-state index is 5.02. The first kappa shape index (κ1) is 29.1. The van der Waals surface area contributed by atoms with Crippen LogP contribution in [0.2, 0.25) is 0 Å². The van der Waals surface area contributed by atoms with Crippen molar-refractivity contribution in [3.63, 3.8) is 0 Å². The van der Waals surface area contributed by atoms with Crippen LogP contribution in [0, 0.1) is 0 Å². The number of hydrogen-bond donors (Lipinski definition) is 0. The van der Waals surface area contributed by atoms with Crippen LogP contribution in [0.5, 0.6) is 0 Å². The molecule has 3 aromatic heterocycles. The van der Waals surface area contributed by atoms with Crippen molar-refractivity contribution in [2.45, 2.75) is 6.54 Å². The van der Waals surface area contributed by atoms with Gasteiger partial charge in [-0.05, 0) is 59.7 Å². The van der Waals surface area contributed by atoms with Crippen molar-refractivity contribution in [1.29, 1.82) is 0 Å². The highest BCUT2D eigenvalue weighted by Crippen LogP contribution is 2.37. The number of para-hydroxylation sites is 3. The predicted octanol–water partition coefficient (Wildman–Crippen LogP) is 11.1. The molecule has 51 heavy (non-hydrogen) atoms. The van der Waals surface area contributed by atoms with Crippen molar-refractivity contribution in [2.24, 2.45) is 0 Å². The van der Waals surface area contributed by atoms with Gasteiger partial charge in [0.15, 0.2) is 17.5 Å². The van der Waals surface area contributed by atoms with Gasteiger partial charge in [-0.25, -0.2) is 15.0 Å². The molecular weight excluding hydrogens is 623 g/mol. The lowest BCUT2D eigenvalue weighted by Gasteiger charge is -2.11. The summed E-state index contributed by atoms with van der Waals surface area (Å²) in [5, 5.41) is 4.90. The minimum atomic E-state index is 0.510. The van der Waals surface area contributed by atoms with E-state index in [1.165, 1.54) is 43.7 Å². The van der Waals surface area contributed by atoms with Crippen molar-refractivity contribution in [1.82, 2.24) is 24.1 Å². The maximum absolute atomic E-state index is 5.02. The van der Waals surface area contributed by atoms with Crippen LogP contribution >= 0.6 is 0 Å². The molecule has 0 atom stereocenters. The van der Waals surface area contributed by atoms with E-state index in [0.29, 0.717) is 18.2 Å². The summed E-state index contributed by atoms with van der Waals surface area (Å²) in [7, 11) is 0. The van der Waals surface area contributed by atoms with E-state index in [9.17, 15) is 0 Å². The molecule has 5 heteroatoms. The Morgan fingerprint density at radius 1 is 0.353 bits per heavy atom. The fourth-order valence-electron chi connectivity index (χ4n) is 7.48. The van der Waals surface area contributed by atoms with Crippen LogP contribution in [0.3, 0.4) is 0 Å². The molecule has 0 saturated heterocycles. The van der Waals surface area contributed by atoms with Gasteiger partial charge >= 0.3 is 0 Å². The fourth-order valence-corrected chi connectivity index (χ4v) is 7.48. The average molecular weight is 654 g/mol. The van der Waals surface area contributed by atoms with Gasteiger partial charge in [-0.15, -0.1) is 0 Å². The molecule has 0 bridgehead atoms. The third-order valence-corrected chi connectivity index (χ3v) is 9.84. The number of hydrogen-bond acceptors (Lipinski definition) is 3. The number of fused-ring (bicyclic) bond motifs is 6. The molecule has 0 aliphatic carbocycles. The van der Waals surface area contributed by atoms with E-state index in [1.807, 2.05) is 60.7 Å².